The third kappa shape index (κ3) is 8.68. The predicted octanol–water partition coefficient (Wildman–Crippen LogP) is 0.819. The van der Waals surface area contributed by atoms with Crippen LogP contribution in [0.4, 0.5) is 0 Å². The number of nitrogens with two attached hydrogens (primary N) is 1. The average molecular weight is 244 g/mol. The molecular weight excluding hydrogens is 220 g/mol. The highest BCUT2D eigenvalue weighted by molar-refractivity contribution is 5.83. The number of nitrogens with one attached hydrogen (secondary N) is 1. The molecule has 0 saturated carbocycles. The van der Waals surface area contributed by atoms with E-state index in [1.54, 1.807) is 6.92 Å². The van der Waals surface area contributed by atoms with Crippen molar-refractivity contribution in [1.82, 2.24) is 5.32 Å². The van der Waals surface area contributed by atoms with Gasteiger partial charge in [0.25, 0.3) is 0 Å². The van der Waals surface area contributed by atoms with Crippen molar-refractivity contribution in [3.05, 3.63) is 0 Å². The lowest BCUT2D eigenvalue weighted by atomic mass is 10.0. The molecule has 17 heavy (non-hydrogen) atoms. The maximum absolute atomic E-state index is 11.6. The standard InChI is InChI=1S/C12H24N2O3/c1-4-17-11(15)8-14-12(16)9(2)6-5-7-10(3)13/h9-10H,4-8,13H2,1-3H3,(H,14,16). The molecule has 0 fully saturated rings. The minimum absolute atomic E-state index is 0.0513. The lowest BCUT2D eigenvalue weighted by molar-refractivity contribution is -0.143. The highest BCUT2D eigenvalue weighted by Gasteiger charge is 2.13. The largest absolute Gasteiger partial charge is 0.465 e. The number of carbonyl (C=O) groups is 2. The molecule has 0 saturated heterocycles. The fourth-order valence-corrected chi connectivity index (χ4v) is 1.42. The Morgan fingerprint density at radius 3 is 2.47 bits per heavy atom. The third-order valence-corrected chi connectivity index (χ3v) is 2.46. The van der Waals surface area contributed by atoms with Crippen LogP contribution in [0, 0.1) is 5.92 Å². The van der Waals surface area contributed by atoms with E-state index >= 15 is 0 Å². The maximum atomic E-state index is 11.6. The predicted molar refractivity (Wildman–Crippen MR) is 66.3 cm³/mol. The van der Waals surface area contributed by atoms with E-state index in [9.17, 15) is 9.59 Å². The van der Waals surface area contributed by atoms with Gasteiger partial charge >= 0.3 is 5.97 Å². The Bertz CT molecular complexity index is 242. The molecule has 0 aliphatic carbocycles. The summed E-state index contributed by atoms with van der Waals surface area (Å²) >= 11 is 0. The number of hydrogen-bond acceptors (Lipinski definition) is 4. The molecule has 0 aliphatic heterocycles. The van der Waals surface area contributed by atoms with Crippen molar-refractivity contribution in [1.29, 1.82) is 0 Å². The van der Waals surface area contributed by atoms with Crippen LogP contribution >= 0.6 is 0 Å². The zero-order valence-corrected chi connectivity index (χ0v) is 11.0. The number of esters is 1. The first-order chi connectivity index (χ1) is 7.97. The van der Waals surface area contributed by atoms with Gasteiger partial charge in [-0.3, -0.25) is 9.59 Å². The van der Waals surface area contributed by atoms with Crippen molar-refractivity contribution in [3.63, 3.8) is 0 Å². The first-order valence-electron chi connectivity index (χ1n) is 6.16. The lowest BCUT2D eigenvalue weighted by Crippen LogP contribution is -2.34. The molecular formula is C12H24N2O3. The molecule has 5 nitrogen and oxygen atoms in total. The van der Waals surface area contributed by atoms with Crippen molar-refractivity contribution in [2.45, 2.75) is 46.1 Å². The van der Waals surface area contributed by atoms with Gasteiger partial charge in [-0.15, -0.1) is 0 Å². The molecule has 2 atom stereocenters. The normalized spacial score (nSPS) is 13.9. The van der Waals surface area contributed by atoms with E-state index < -0.39 is 5.97 Å². The quantitative estimate of drug-likeness (QED) is 0.619. The minimum Gasteiger partial charge on any atom is -0.465 e. The second-order valence-corrected chi connectivity index (χ2v) is 4.33. The summed E-state index contributed by atoms with van der Waals surface area (Å²) in [5.74, 6) is -0.602. The summed E-state index contributed by atoms with van der Waals surface area (Å²) in [7, 11) is 0. The third-order valence-electron chi connectivity index (χ3n) is 2.46. The van der Waals surface area contributed by atoms with Gasteiger partial charge in [0.05, 0.1) is 6.61 Å². The average Bonchev–Trinajstić information content (AvgIpc) is 2.25. The zero-order valence-electron chi connectivity index (χ0n) is 11.0. The van der Waals surface area contributed by atoms with Gasteiger partial charge < -0.3 is 15.8 Å². The monoisotopic (exact) mass is 244 g/mol. The van der Waals surface area contributed by atoms with E-state index in [1.165, 1.54) is 0 Å². The Balaban J connectivity index is 3.70. The maximum Gasteiger partial charge on any atom is 0.325 e. The smallest absolute Gasteiger partial charge is 0.325 e. The number of carbonyl (C=O) groups excluding carboxylic acids is 2. The van der Waals surface area contributed by atoms with Gasteiger partial charge in [0.15, 0.2) is 0 Å². The van der Waals surface area contributed by atoms with E-state index in [4.69, 9.17) is 10.5 Å². The van der Waals surface area contributed by atoms with Crippen molar-refractivity contribution < 1.29 is 14.3 Å². The van der Waals surface area contributed by atoms with Gasteiger partial charge in [-0.1, -0.05) is 13.3 Å². The summed E-state index contributed by atoms with van der Waals surface area (Å²) in [4.78, 5) is 22.6. The van der Waals surface area contributed by atoms with Crippen molar-refractivity contribution >= 4 is 11.9 Å². The lowest BCUT2D eigenvalue weighted by Gasteiger charge is -2.12. The molecule has 0 heterocycles. The Morgan fingerprint density at radius 1 is 1.29 bits per heavy atom. The van der Waals surface area contributed by atoms with Gasteiger partial charge in [0, 0.05) is 12.0 Å². The first kappa shape index (κ1) is 15.9. The van der Waals surface area contributed by atoms with E-state index in [1.807, 2.05) is 13.8 Å². The van der Waals surface area contributed by atoms with E-state index in [0.717, 1.165) is 19.3 Å². The van der Waals surface area contributed by atoms with Gasteiger partial charge in [-0.05, 0) is 26.7 Å². The Labute approximate surface area is 103 Å². The van der Waals surface area contributed by atoms with Crippen molar-refractivity contribution in [3.8, 4) is 0 Å². The fourth-order valence-electron chi connectivity index (χ4n) is 1.42. The molecule has 5 heteroatoms. The van der Waals surface area contributed by atoms with Crippen LogP contribution in [0.25, 0.3) is 0 Å². The molecule has 0 bridgehead atoms. The second-order valence-electron chi connectivity index (χ2n) is 4.33. The number of hydrogen-bond donors (Lipinski definition) is 2. The fraction of sp³-hybridized carbons (Fsp3) is 0.833. The van der Waals surface area contributed by atoms with Crippen molar-refractivity contribution in [2.24, 2.45) is 11.7 Å². The van der Waals surface area contributed by atoms with Gasteiger partial charge in [-0.25, -0.2) is 0 Å². The summed E-state index contributed by atoms with van der Waals surface area (Å²) < 4.78 is 4.71. The van der Waals surface area contributed by atoms with Crippen LogP contribution in [-0.2, 0) is 14.3 Å². The Hall–Kier alpha value is -1.10. The molecule has 1 amide bonds. The van der Waals surface area contributed by atoms with E-state index in [0.29, 0.717) is 6.61 Å². The van der Waals surface area contributed by atoms with Gasteiger partial charge in [0.2, 0.25) is 5.91 Å². The van der Waals surface area contributed by atoms with Crippen LogP contribution in [0.1, 0.15) is 40.0 Å². The van der Waals surface area contributed by atoms with Crippen LogP contribution in [-0.4, -0.2) is 31.1 Å². The van der Waals surface area contributed by atoms with E-state index in [-0.39, 0.29) is 24.4 Å². The Kier molecular flexibility index (Phi) is 8.40. The second kappa shape index (κ2) is 8.98. The molecule has 0 rings (SSSR count). The van der Waals surface area contributed by atoms with Gasteiger partial charge in [0.1, 0.15) is 6.54 Å². The highest BCUT2D eigenvalue weighted by Crippen LogP contribution is 2.08. The minimum atomic E-state index is -0.399. The molecule has 0 radical (unpaired) electrons. The summed E-state index contributed by atoms with van der Waals surface area (Å²) in [5, 5.41) is 2.56. The molecule has 100 valence electrons. The molecule has 3 N–H and O–H groups in total. The van der Waals surface area contributed by atoms with Crippen LogP contribution in [0.3, 0.4) is 0 Å². The number of rotatable bonds is 8. The van der Waals surface area contributed by atoms with Crippen LogP contribution in [0.5, 0.6) is 0 Å². The summed E-state index contributed by atoms with van der Waals surface area (Å²) in [5.41, 5.74) is 5.62. The van der Waals surface area contributed by atoms with Crippen molar-refractivity contribution in [2.75, 3.05) is 13.2 Å². The summed E-state index contributed by atoms with van der Waals surface area (Å²) in [6.45, 7) is 5.81. The SMILES string of the molecule is CCOC(=O)CNC(=O)C(C)CCCC(C)N. The van der Waals surface area contributed by atoms with E-state index in [2.05, 4.69) is 5.32 Å². The summed E-state index contributed by atoms with van der Waals surface area (Å²) in [6.07, 6.45) is 2.62. The van der Waals surface area contributed by atoms with Crippen LogP contribution < -0.4 is 11.1 Å². The van der Waals surface area contributed by atoms with Gasteiger partial charge in [-0.2, -0.15) is 0 Å². The molecule has 0 spiro atoms. The zero-order chi connectivity index (χ0) is 13.3. The topological polar surface area (TPSA) is 81.4 Å². The molecule has 0 aromatic heterocycles. The van der Waals surface area contributed by atoms with Crippen LogP contribution in [0.2, 0.25) is 0 Å². The first-order valence-corrected chi connectivity index (χ1v) is 6.16. The molecule has 0 aliphatic rings. The highest BCUT2D eigenvalue weighted by atomic mass is 16.5. The summed E-state index contributed by atoms with van der Waals surface area (Å²) in [6, 6.07) is 0.171. The molecule has 0 aromatic carbocycles. The molecule has 2 unspecified atom stereocenters. The molecule has 0 aromatic rings. The number of amides is 1. The van der Waals surface area contributed by atoms with Crippen LogP contribution in [0.15, 0.2) is 0 Å². The number of ether oxygens (including phenoxy) is 1. The Morgan fingerprint density at radius 2 is 1.94 bits per heavy atom.